The molecule has 0 atom stereocenters. The zero-order chi connectivity index (χ0) is 29.4. The van der Waals surface area contributed by atoms with Crippen LogP contribution in [0.1, 0.15) is 35.7 Å². The van der Waals surface area contributed by atoms with Gasteiger partial charge in [0.05, 0.1) is 32.8 Å². The number of hydrogen-bond acceptors (Lipinski definition) is 6. The summed E-state index contributed by atoms with van der Waals surface area (Å²) in [6.07, 6.45) is 1.87. The van der Waals surface area contributed by atoms with Crippen molar-refractivity contribution >= 4 is 50.6 Å². The number of unbranched alkanes of at least 4 members (excludes halogenated alkanes) is 1. The summed E-state index contributed by atoms with van der Waals surface area (Å²) in [5.74, 6) is -0.105. The normalized spacial score (nSPS) is 11.1. The molecule has 0 aromatic heterocycles. The van der Waals surface area contributed by atoms with Crippen LogP contribution in [0.25, 0.3) is 0 Å². The Balaban J connectivity index is 1.46. The Morgan fingerprint density at radius 2 is 1.61 bits per heavy atom. The fraction of sp³-hybridized carbons (Fsp3) is 0.167. The van der Waals surface area contributed by atoms with Crippen LogP contribution < -0.4 is 19.5 Å². The Morgan fingerprint density at radius 1 is 0.902 bits per heavy atom. The summed E-state index contributed by atoms with van der Waals surface area (Å²) in [7, 11) is -4.06. The Hall–Kier alpha value is -3.92. The fourth-order valence-corrected chi connectivity index (χ4v) is 5.26. The third-order valence-electron chi connectivity index (χ3n) is 5.95. The highest BCUT2D eigenvalue weighted by Crippen LogP contribution is 2.31. The Morgan fingerprint density at radius 3 is 2.34 bits per heavy atom. The van der Waals surface area contributed by atoms with E-state index in [1.54, 1.807) is 36.4 Å². The highest BCUT2D eigenvalue weighted by Gasteiger charge is 2.20. The molecule has 0 amide bonds. The largest absolute Gasteiger partial charge is 0.494 e. The van der Waals surface area contributed by atoms with Gasteiger partial charge in [-0.1, -0.05) is 54.7 Å². The first-order chi connectivity index (χ1) is 19.7. The predicted molar refractivity (Wildman–Crippen MR) is 161 cm³/mol. The van der Waals surface area contributed by atoms with Crippen LogP contribution in [0.3, 0.4) is 0 Å². The molecule has 3 N–H and O–H groups in total. The maximum Gasteiger partial charge on any atom is 0.337 e. The smallest absolute Gasteiger partial charge is 0.337 e. The van der Waals surface area contributed by atoms with Crippen molar-refractivity contribution < 1.29 is 27.8 Å². The van der Waals surface area contributed by atoms with E-state index in [-0.39, 0.29) is 21.9 Å². The van der Waals surface area contributed by atoms with Crippen molar-refractivity contribution in [2.24, 2.45) is 0 Å². The molecular weight excluding hydrogens is 587 g/mol. The van der Waals surface area contributed by atoms with Gasteiger partial charge in [-0.2, -0.15) is 0 Å². The molecule has 0 unspecified atom stereocenters. The number of ether oxygens (including phenoxy) is 2. The van der Waals surface area contributed by atoms with Crippen LogP contribution >= 0.6 is 23.2 Å². The molecule has 0 fully saturated rings. The van der Waals surface area contributed by atoms with Gasteiger partial charge in [0.1, 0.15) is 17.2 Å². The van der Waals surface area contributed by atoms with Gasteiger partial charge in [-0.25, -0.2) is 13.2 Å². The van der Waals surface area contributed by atoms with Crippen LogP contribution in [0.2, 0.25) is 10.0 Å². The standard InChI is InChI=1S/C30H28Cl2N2O6S/c1-2-3-16-39-22-10-13-25(14-11-22)41(37,38)34-28-15-12-24(18-26(28)30(35)36)40-23-8-5-7-21(17-23)33-19-20-6-4-9-27(31)29(20)32/h4-15,17-18,33-34H,2-3,16,19H2,1H3,(H,35,36). The molecule has 4 rings (SSSR count). The number of anilines is 2. The summed E-state index contributed by atoms with van der Waals surface area (Å²) in [6.45, 7) is 3.01. The molecule has 11 heteroatoms. The second-order valence-electron chi connectivity index (χ2n) is 8.99. The number of carboxylic acids is 1. The van der Waals surface area contributed by atoms with Crippen molar-refractivity contribution in [1.82, 2.24) is 0 Å². The fourth-order valence-electron chi connectivity index (χ4n) is 3.79. The topological polar surface area (TPSA) is 114 Å². The number of benzene rings is 4. The van der Waals surface area contributed by atoms with Gasteiger partial charge in [-0.3, -0.25) is 4.72 Å². The van der Waals surface area contributed by atoms with Crippen molar-refractivity contribution in [1.29, 1.82) is 0 Å². The van der Waals surface area contributed by atoms with Gasteiger partial charge >= 0.3 is 5.97 Å². The number of aromatic carboxylic acids is 1. The first-order valence-electron chi connectivity index (χ1n) is 12.7. The number of nitrogens with one attached hydrogen (secondary N) is 2. The lowest BCUT2D eigenvalue weighted by atomic mass is 10.1. The van der Waals surface area contributed by atoms with E-state index < -0.39 is 16.0 Å². The van der Waals surface area contributed by atoms with Gasteiger partial charge in [-0.05, 0) is 72.6 Å². The number of sulfonamides is 1. The maximum atomic E-state index is 13.0. The van der Waals surface area contributed by atoms with Gasteiger partial charge < -0.3 is 19.9 Å². The molecule has 0 bridgehead atoms. The third-order valence-corrected chi connectivity index (χ3v) is 8.19. The van der Waals surface area contributed by atoms with E-state index in [9.17, 15) is 18.3 Å². The molecule has 214 valence electrons. The Bertz CT molecular complexity index is 1630. The van der Waals surface area contributed by atoms with Gasteiger partial charge in [0.2, 0.25) is 0 Å². The second kappa shape index (κ2) is 13.6. The van der Waals surface area contributed by atoms with Gasteiger partial charge in [-0.15, -0.1) is 0 Å². The average Bonchev–Trinajstić information content (AvgIpc) is 2.95. The van der Waals surface area contributed by atoms with E-state index in [0.29, 0.717) is 34.7 Å². The summed E-state index contributed by atoms with van der Waals surface area (Å²) in [5, 5.41) is 14.0. The summed E-state index contributed by atoms with van der Waals surface area (Å²) in [5.41, 5.74) is 1.20. The molecular formula is C30H28Cl2N2O6S. The summed E-state index contributed by atoms with van der Waals surface area (Å²) >= 11 is 12.3. The SMILES string of the molecule is CCCCOc1ccc(S(=O)(=O)Nc2ccc(Oc3cccc(NCc4cccc(Cl)c4Cl)c3)cc2C(=O)O)cc1. The molecule has 0 saturated carbocycles. The first-order valence-corrected chi connectivity index (χ1v) is 15.0. The lowest BCUT2D eigenvalue weighted by Crippen LogP contribution is -2.15. The zero-order valence-corrected chi connectivity index (χ0v) is 24.4. The first kappa shape index (κ1) is 30.0. The highest BCUT2D eigenvalue weighted by molar-refractivity contribution is 7.92. The van der Waals surface area contributed by atoms with E-state index >= 15 is 0 Å². The summed E-state index contributed by atoms with van der Waals surface area (Å²) in [6, 6.07) is 22.5. The molecule has 41 heavy (non-hydrogen) atoms. The average molecular weight is 616 g/mol. The van der Waals surface area contributed by atoms with E-state index in [0.717, 1.165) is 24.1 Å². The minimum absolute atomic E-state index is 0.0274. The Labute approximate surface area is 248 Å². The van der Waals surface area contributed by atoms with Crippen molar-refractivity contribution in [3.8, 4) is 17.2 Å². The molecule has 0 aliphatic rings. The molecule has 8 nitrogen and oxygen atoms in total. The minimum Gasteiger partial charge on any atom is -0.494 e. The molecule has 0 saturated heterocycles. The molecule has 0 aliphatic heterocycles. The van der Waals surface area contributed by atoms with Crippen molar-refractivity contribution in [2.75, 3.05) is 16.6 Å². The molecule has 4 aromatic carbocycles. The highest BCUT2D eigenvalue weighted by atomic mass is 35.5. The van der Waals surface area contributed by atoms with E-state index in [1.807, 2.05) is 25.1 Å². The predicted octanol–water partition coefficient (Wildman–Crippen LogP) is 8.08. The van der Waals surface area contributed by atoms with Crippen LogP contribution in [0, 0.1) is 0 Å². The molecule has 0 heterocycles. The second-order valence-corrected chi connectivity index (χ2v) is 11.5. The van der Waals surface area contributed by atoms with E-state index in [4.69, 9.17) is 32.7 Å². The number of carbonyl (C=O) groups is 1. The van der Waals surface area contributed by atoms with Crippen LogP contribution in [0.15, 0.2) is 89.8 Å². The molecule has 4 aromatic rings. The third kappa shape index (κ3) is 8.07. The number of hydrogen-bond donors (Lipinski definition) is 3. The van der Waals surface area contributed by atoms with E-state index in [2.05, 4.69) is 10.0 Å². The van der Waals surface area contributed by atoms with Crippen molar-refractivity contribution in [3.63, 3.8) is 0 Å². The quantitative estimate of drug-likeness (QED) is 0.130. The molecule has 0 radical (unpaired) electrons. The number of carboxylic acid groups (broad SMARTS) is 1. The van der Waals surface area contributed by atoms with Gasteiger partial charge in [0, 0.05) is 18.3 Å². The summed E-state index contributed by atoms with van der Waals surface area (Å²) in [4.78, 5) is 12.0. The lowest BCUT2D eigenvalue weighted by molar-refractivity contribution is 0.0697. The van der Waals surface area contributed by atoms with Crippen LogP contribution in [-0.4, -0.2) is 26.1 Å². The maximum absolute atomic E-state index is 13.0. The monoisotopic (exact) mass is 614 g/mol. The lowest BCUT2D eigenvalue weighted by Gasteiger charge is -2.14. The molecule has 0 spiro atoms. The van der Waals surface area contributed by atoms with Crippen LogP contribution in [-0.2, 0) is 16.6 Å². The van der Waals surface area contributed by atoms with Crippen molar-refractivity contribution in [2.45, 2.75) is 31.2 Å². The van der Waals surface area contributed by atoms with Crippen molar-refractivity contribution in [3.05, 3.63) is 106 Å². The van der Waals surface area contributed by atoms with Crippen LogP contribution in [0.4, 0.5) is 11.4 Å². The molecule has 0 aliphatic carbocycles. The number of rotatable bonds is 13. The zero-order valence-electron chi connectivity index (χ0n) is 22.1. The van der Waals surface area contributed by atoms with E-state index in [1.165, 1.54) is 30.3 Å². The Kier molecular flexibility index (Phi) is 9.99. The van der Waals surface area contributed by atoms with Crippen LogP contribution in [0.5, 0.6) is 17.2 Å². The van der Waals surface area contributed by atoms with Gasteiger partial charge in [0.15, 0.2) is 0 Å². The summed E-state index contributed by atoms with van der Waals surface area (Å²) < 4.78 is 39.8. The number of halogens is 2. The van der Waals surface area contributed by atoms with Gasteiger partial charge in [0.25, 0.3) is 10.0 Å². The minimum atomic E-state index is -4.06.